The maximum atomic E-state index is 11.3. The smallest absolute Gasteiger partial charge is 0.321 e. The van der Waals surface area contributed by atoms with Crippen molar-refractivity contribution in [3.05, 3.63) is 24.2 Å². The minimum absolute atomic E-state index is 0.256. The number of carbonyl (C=O) groups excluding carboxylic acids is 2. The molecular formula is C11H17N3O3S. The van der Waals surface area contributed by atoms with Gasteiger partial charge in [0, 0.05) is 0 Å². The Morgan fingerprint density at radius 3 is 2.94 bits per heavy atom. The first-order chi connectivity index (χ1) is 8.72. The summed E-state index contributed by atoms with van der Waals surface area (Å²) in [5.74, 6) is 1.40. The first-order valence-corrected chi connectivity index (χ1v) is 6.75. The predicted octanol–water partition coefficient (Wildman–Crippen LogP) is 0.687. The molecule has 0 spiro atoms. The van der Waals surface area contributed by atoms with E-state index < -0.39 is 6.03 Å². The number of rotatable bonds is 7. The van der Waals surface area contributed by atoms with Gasteiger partial charge in [0.15, 0.2) is 0 Å². The summed E-state index contributed by atoms with van der Waals surface area (Å²) in [6.45, 7) is 0.866. The van der Waals surface area contributed by atoms with Crippen LogP contribution in [-0.2, 0) is 11.3 Å². The van der Waals surface area contributed by atoms with Crippen molar-refractivity contribution < 1.29 is 14.0 Å². The summed E-state index contributed by atoms with van der Waals surface area (Å²) < 4.78 is 5.04. The summed E-state index contributed by atoms with van der Waals surface area (Å²) in [5, 5.41) is 4.76. The third kappa shape index (κ3) is 6.31. The molecule has 1 rings (SSSR count). The van der Waals surface area contributed by atoms with Crippen molar-refractivity contribution in [3.63, 3.8) is 0 Å². The lowest BCUT2D eigenvalue weighted by Gasteiger charge is -2.05. The number of furan rings is 1. The zero-order valence-corrected chi connectivity index (χ0v) is 10.8. The van der Waals surface area contributed by atoms with E-state index in [1.165, 1.54) is 18.0 Å². The van der Waals surface area contributed by atoms with Gasteiger partial charge in [-0.3, -0.25) is 10.1 Å². The van der Waals surface area contributed by atoms with Crippen molar-refractivity contribution in [2.75, 3.05) is 18.1 Å². The molecule has 3 amide bonds. The van der Waals surface area contributed by atoms with E-state index in [0.717, 1.165) is 12.2 Å². The molecule has 0 fully saturated rings. The van der Waals surface area contributed by atoms with Crippen LogP contribution in [0.4, 0.5) is 4.79 Å². The molecule has 0 saturated heterocycles. The van der Waals surface area contributed by atoms with Crippen LogP contribution in [0.25, 0.3) is 0 Å². The van der Waals surface area contributed by atoms with Crippen LogP contribution in [0.2, 0.25) is 0 Å². The molecule has 0 bridgehead atoms. The quantitative estimate of drug-likeness (QED) is 0.634. The van der Waals surface area contributed by atoms with Gasteiger partial charge >= 0.3 is 6.03 Å². The van der Waals surface area contributed by atoms with Gasteiger partial charge in [-0.1, -0.05) is 0 Å². The minimum Gasteiger partial charge on any atom is -0.467 e. The van der Waals surface area contributed by atoms with Crippen LogP contribution in [-0.4, -0.2) is 30.0 Å². The molecule has 0 unspecified atom stereocenters. The lowest BCUT2D eigenvalue weighted by molar-refractivity contribution is -0.117. The van der Waals surface area contributed by atoms with Crippen molar-refractivity contribution in [2.24, 2.45) is 5.73 Å². The van der Waals surface area contributed by atoms with E-state index in [-0.39, 0.29) is 18.2 Å². The second kappa shape index (κ2) is 8.60. The third-order valence-electron chi connectivity index (χ3n) is 1.98. The Kier molecular flexibility index (Phi) is 6.97. The number of nitrogens with two attached hydrogens (primary N) is 1. The Morgan fingerprint density at radius 1 is 1.44 bits per heavy atom. The largest absolute Gasteiger partial charge is 0.467 e. The fourth-order valence-electron chi connectivity index (χ4n) is 1.14. The lowest BCUT2D eigenvalue weighted by atomic mass is 10.4. The Labute approximate surface area is 110 Å². The lowest BCUT2D eigenvalue weighted by Crippen LogP contribution is -2.39. The fourth-order valence-corrected chi connectivity index (χ4v) is 1.91. The van der Waals surface area contributed by atoms with Crippen LogP contribution in [0.5, 0.6) is 0 Å². The molecule has 0 atom stereocenters. The van der Waals surface area contributed by atoms with Crippen molar-refractivity contribution in [1.82, 2.24) is 10.6 Å². The summed E-state index contributed by atoms with van der Waals surface area (Å²) in [4.78, 5) is 22.7. The van der Waals surface area contributed by atoms with E-state index in [0.29, 0.717) is 12.3 Å². The van der Waals surface area contributed by atoms with Crippen LogP contribution in [0.15, 0.2) is 22.8 Å². The van der Waals surface area contributed by atoms with Gasteiger partial charge in [0.05, 0.1) is 18.6 Å². The summed E-state index contributed by atoms with van der Waals surface area (Å²) in [6, 6.07) is 2.95. The number of carbonyl (C=O) groups is 2. The molecule has 0 aliphatic carbocycles. The van der Waals surface area contributed by atoms with E-state index in [2.05, 4.69) is 10.6 Å². The normalized spacial score (nSPS) is 10.1. The van der Waals surface area contributed by atoms with Gasteiger partial charge in [-0.25, -0.2) is 4.79 Å². The van der Waals surface area contributed by atoms with Crippen LogP contribution in [0.1, 0.15) is 12.2 Å². The second-order valence-electron chi connectivity index (χ2n) is 3.51. The molecule has 1 aromatic heterocycles. The van der Waals surface area contributed by atoms with Crippen molar-refractivity contribution in [3.8, 4) is 0 Å². The third-order valence-corrected chi connectivity index (χ3v) is 3.03. The molecule has 6 nitrogen and oxygen atoms in total. The highest BCUT2D eigenvalue weighted by Gasteiger charge is 2.07. The Hall–Kier alpha value is -1.47. The molecule has 4 N–H and O–H groups in total. The molecular weight excluding hydrogens is 254 g/mol. The number of imide groups is 1. The van der Waals surface area contributed by atoms with Crippen molar-refractivity contribution in [2.45, 2.75) is 13.0 Å². The standard InChI is InChI=1S/C11H17N3O3S/c12-4-2-6-18-8-10(15)14-11(16)13-7-9-3-1-5-17-9/h1,3,5H,2,4,6-8,12H2,(H2,13,14,15,16). The summed E-state index contributed by atoms with van der Waals surface area (Å²) in [6.07, 6.45) is 2.39. The van der Waals surface area contributed by atoms with Crippen LogP contribution in [0, 0.1) is 0 Å². The van der Waals surface area contributed by atoms with E-state index in [9.17, 15) is 9.59 Å². The molecule has 1 aromatic rings. The molecule has 18 heavy (non-hydrogen) atoms. The number of amides is 3. The van der Waals surface area contributed by atoms with Crippen LogP contribution < -0.4 is 16.4 Å². The zero-order valence-electron chi connectivity index (χ0n) is 9.98. The van der Waals surface area contributed by atoms with E-state index in [4.69, 9.17) is 10.2 Å². The topological polar surface area (TPSA) is 97.4 Å². The van der Waals surface area contributed by atoms with Crippen molar-refractivity contribution >= 4 is 23.7 Å². The Balaban J connectivity index is 2.09. The minimum atomic E-state index is -0.518. The number of hydrogen-bond acceptors (Lipinski definition) is 5. The number of hydrogen-bond donors (Lipinski definition) is 3. The fraction of sp³-hybridized carbons (Fsp3) is 0.455. The molecule has 7 heteroatoms. The SMILES string of the molecule is NCCCSCC(=O)NC(=O)NCc1ccco1. The summed E-state index contributed by atoms with van der Waals surface area (Å²) >= 11 is 1.45. The number of urea groups is 1. The van der Waals surface area contributed by atoms with Crippen LogP contribution in [0.3, 0.4) is 0 Å². The molecule has 0 aliphatic heterocycles. The molecule has 1 heterocycles. The maximum Gasteiger partial charge on any atom is 0.321 e. The first-order valence-electron chi connectivity index (χ1n) is 5.60. The molecule has 0 radical (unpaired) electrons. The highest BCUT2D eigenvalue weighted by atomic mass is 32.2. The summed E-state index contributed by atoms with van der Waals surface area (Å²) in [5.41, 5.74) is 5.33. The van der Waals surface area contributed by atoms with E-state index >= 15 is 0 Å². The van der Waals surface area contributed by atoms with Gasteiger partial charge in [-0.15, -0.1) is 0 Å². The maximum absolute atomic E-state index is 11.3. The van der Waals surface area contributed by atoms with Gasteiger partial charge in [0.2, 0.25) is 5.91 Å². The summed E-state index contributed by atoms with van der Waals surface area (Å²) in [7, 11) is 0. The van der Waals surface area contributed by atoms with E-state index in [1.807, 2.05) is 0 Å². The Bertz CT molecular complexity index is 368. The first kappa shape index (κ1) is 14.6. The average Bonchev–Trinajstić information content (AvgIpc) is 2.85. The Morgan fingerprint density at radius 2 is 2.28 bits per heavy atom. The highest BCUT2D eigenvalue weighted by Crippen LogP contribution is 2.01. The highest BCUT2D eigenvalue weighted by molar-refractivity contribution is 7.99. The molecule has 100 valence electrons. The van der Waals surface area contributed by atoms with Gasteiger partial charge < -0.3 is 15.5 Å². The van der Waals surface area contributed by atoms with Crippen LogP contribution >= 0.6 is 11.8 Å². The molecule has 0 aliphatic rings. The van der Waals surface area contributed by atoms with Gasteiger partial charge in [-0.2, -0.15) is 11.8 Å². The number of nitrogens with one attached hydrogen (secondary N) is 2. The molecule has 0 aromatic carbocycles. The van der Waals surface area contributed by atoms with Gasteiger partial charge in [-0.05, 0) is 30.9 Å². The molecule has 0 saturated carbocycles. The van der Waals surface area contributed by atoms with Gasteiger partial charge in [0.1, 0.15) is 5.76 Å². The monoisotopic (exact) mass is 271 g/mol. The average molecular weight is 271 g/mol. The van der Waals surface area contributed by atoms with E-state index in [1.54, 1.807) is 12.1 Å². The van der Waals surface area contributed by atoms with Crippen molar-refractivity contribution in [1.29, 1.82) is 0 Å². The predicted molar refractivity (Wildman–Crippen MR) is 70.1 cm³/mol. The van der Waals surface area contributed by atoms with Gasteiger partial charge in [0.25, 0.3) is 0 Å². The number of thioether (sulfide) groups is 1. The second-order valence-corrected chi connectivity index (χ2v) is 4.61. The zero-order chi connectivity index (χ0) is 13.2.